The molecule has 1 N–H and O–H groups in total. The summed E-state index contributed by atoms with van der Waals surface area (Å²) in [7, 11) is -3.41. The molecule has 0 saturated carbocycles. The Hall–Kier alpha value is -0.560. The maximum absolute atomic E-state index is 12.0. The number of rotatable bonds is 5. The van der Waals surface area contributed by atoms with Gasteiger partial charge in [-0.15, -0.1) is 11.8 Å². The van der Waals surface area contributed by atoms with Crippen LogP contribution in [-0.2, 0) is 14.8 Å². The fraction of sp³-hybridized carbons (Fsp3) is 0.500. The minimum Gasteiger partial charge on any atom is -0.377 e. The molecule has 0 amide bonds. The fourth-order valence-corrected chi connectivity index (χ4v) is 3.32. The molecule has 1 aromatic carbocycles. The van der Waals surface area contributed by atoms with Gasteiger partial charge in [-0.1, -0.05) is 0 Å². The SMILES string of the molecule is CSc1ccc(S(=O)(=O)NC[C@H]2CCCO2)cc1. The topological polar surface area (TPSA) is 55.4 Å². The molecular weight excluding hydrogens is 270 g/mol. The predicted molar refractivity (Wildman–Crippen MR) is 72.4 cm³/mol. The second kappa shape index (κ2) is 6.06. The Bertz CT molecular complexity index is 479. The summed E-state index contributed by atoms with van der Waals surface area (Å²) in [5.74, 6) is 0. The predicted octanol–water partition coefficient (Wildman–Crippen LogP) is 1.87. The van der Waals surface area contributed by atoms with Crippen molar-refractivity contribution >= 4 is 21.8 Å². The molecule has 0 bridgehead atoms. The molecule has 18 heavy (non-hydrogen) atoms. The second-order valence-corrected chi connectivity index (χ2v) is 6.81. The first-order chi connectivity index (χ1) is 8.62. The summed E-state index contributed by atoms with van der Waals surface area (Å²) in [6.45, 7) is 1.08. The lowest BCUT2D eigenvalue weighted by Gasteiger charge is -2.11. The van der Waals surface area contributed by atoms with Crippen LogP contribution in [0.4, 0.5) is 0 Å². The number of hydrogen-bond acceptors (Lipinski definition) is 4. The van der Waals surface area contributed by atoms with Gasteiger partial charge in [-0.25, -0.2) is 13.1 Å². The minimum atomic E-state index is -3.41. The first kappa shape index (κ1) is 13.9. The summed E-state index contributed by atoms with van der Waals surface area (Å²) in [6.07, 6.45) is 3.91. The lowest BCUT2D eigenvalue weighted by Crippen LogP contribution is -2.31. The van der Waals surface area contributed by atoms with E-state index in [0.29, 0.717) is 11.4 Å². The molecule has 0 aromatic heterocycles. The fourth-order valence-electron chi connectivity index (χ4n) is 1.85. The molecule has 100 valence electrons. The summed E-state index contributed by atoms with van der Waals surface area (Å²) < 4.78 is 32.0. The molecule has 1 atom stereocenters. The third-order valence-corrected chi connectivity index (χ3v) is 5.08. The maximum Gasteiger partial charge on any atom is 0.240 e. The van der Waals surface area contributed by atoms with E-state index in [1.54, 1.807) is 23.9 Å². The van der Waals surface area contributed by atoms with Gasteiger partial charge in [0.05, 0.1) is 11.0 Å². The van der Waals surface area contributed by atoms with E-state index in [9.17, 15) is 8.42 Å². The van der Waals surface area contributed by atoms with Crippen molar-refractivity contribution in [2.24, 2.45) is 0 Å². The van der Waals surface area contributed by atoms with Gasteiger partial charge in [0.15, 0.2) is 0 Å². The third-order valence-electron chi connectivity index (χ3n) is 2.89. The van der Waals surface area contributed by atoms with E-state index in [1.165, 1.54) is 0 Å². The van der Waals surface area contributed by atoms with Crippen LogP contribution in [-0.4, -0.2) is 33.9 Å². The molecule has 1 heterocycles. The number of benzene rings is 1. The highest BCUT2D eigenvalue weighted by atomic mass is 32.2. The van der Waals surface area contributed by atoms with Crippen molar-refractivity contribution in [2.75, 3.05) is 19.4 Å². The summed E-state index contributed by atoms with van der Waals surface area (Å²) >= 11 is 1.59. The van der Waals surface area contributed by atoms with E-state index >= 15 is 0 Å². The summed E-state index contributed by atoms with van der Waals surface area (Å²) in [4.78, 5) is 1.35. The van der Waals surface area contributed by atoms with Crippen LogP contribution in [0, 0.1) is 0 Å². The summed E-state index contributed by atoms with van der Waals surface area (Å²) in [5.41, 5.74) is 0. The molecule has 0 spiro atoms. The van der Waals surface area contributed by atoms with Crippen LogP contribution in [0.2, 0.25) is 0 Å². The van der Waals surface area contributed by atoms with Gasteiger partial charge in [0.25, 0.3) is 0 Å². The van der Waals surface area contributed by atoms with Crippen LogP contribution in [0.5, 0.6) is 0 Å². The molecular formula is C12H17NO3S2. The zero-order valence-electron chi connectivity index (χ0n) is 10.3. The molecule has 1 saturated heterocycles. The molecule has 0 aliphatic carbocycles. The van der Waals surface area contributed by atoms with E-state index in [2.05, 4.69) is 4.72 Å². The summed E-state index contributed by atoms with van der Waals surface area (Å²) in [6, 6.07) is 6.88. The maximum atomic E-state index is 12.0. The van der Waals surface area contributed by atoms with Gasteiger partial charge >= 0.3 is 0 Å². The van der Waals surface area contributed by atoms with Gasteiger partial charge in [-0.05, 0) is 43.4 Å². The van der Waals surface area contributed by atoms with Crippen LogP contribution in [0.3, 0.4) is 0 Å². The smallest absolute Gasteiger partial charge is 0.240 e. The van der Waals surface area contributed by atoms with E-state index in [-0.39, 0.29) is 6.10 Å². The molecule has 1 aliphatic heterocycles. The van der Waals surface area contributed by atoms with E-state index in [4.69, 9.17) is 4.74 Å². The number of nitrogens with one attached hydrogen (secondary N) is 1. The highest BCUT2D eigenvalue weighted by Crippen LogP contribution is 2.18. The Kier molecular flexibility index (Phi) is 4.66. The van der Waals surface area contributed by atoms with Crippen LogP contribution in [0.1, 0.15) is 12.8 Å². The molecule has 0 radical (unpaired) electrons. The zero-order chi connectivity index (χ0) is 13.0. The first-order valence-corrected chi connectivity index (χ1v) is 8.58. The monoisotopic (exact) mass is 287 g/mol. The molecule has 1 aliphatic rings. The zero-order valence-corrected chi connectivity index (χ0v) is 11.9. The normalized spacial score (nSPS) is 20.2. The van der Waals surface area contributed by atoms with E-state index < -0.39 is 10.0 Å². The number of sulfonamides is 1. The Balaban J connectivity index is 2.00. The molecule has 4 nitrogen and oxygen atoms in total. The third kappa shape index (κ3) is 3.47. The van der Waals surface area contributed by atoms with Crippen LogP contribution >= 0.6 is 11.8 Å². The Labute approximate surface area is 112 Å². The van der Waals surface area contributed by atoms with Crippen molar-refractivity contribution in [1.82, 2.24) is 4.72 Å². The van der Waals surface area contributed by atoms with Gasteiger partial charge < -0.3 is 4.74 Å². The first-order valence-electron chi connectivity index (χ1n) is 5.87. The van der Waals surface area contributed by atoms with Crippen molar-refractivity contribution in [1.29, 1.82) is 0 Å². The number of hydrogen-bond donors (Lipinski definition) is 1. The molecule has 6 heteroatoms. The van der Waals surface area contributed by atoms with Crippen molar-refractivity contribution < 1.29 is 13.2 Å². The lowest BCUT2D eigenvalue weighted by atomic mass is 10.2. The second-order valence-electron chi connectivity index (χ2n) is 4.16. The van der Waals surface area contributed by atoms with Crippen molar-refractivity contribution in [3.05, 3.63) is 24.3 Å². The van der Waals surface area contributed by atoms with Crippen LogP contribution < -0.4 is 4.72 Å². The van der Waals surface area contributed by atoms with Gasteiger partial charge in [0.2, 0.25) is 10.0 Å². The van der Waals surface area contributed by atoms with Gasteiger partial charge in [-0.3, -0.25) is 0 Å². The van der Waals surface area contributed by atoms with Crippen molar-refractivity contribution in [2.45, 2.75) is 28.7 Å². The Morgan fingerprint density at radius 2 is 2.11 bits per heavy atom. The average molecular weight is 287 g/mol. The highest BCUT2D eigenvalue weighted by molar-refractivity contribution is 7.98. The van der Waals surface area contributed by atoms with E-state index in [0.717, 1.165) is 24.3 Å². The Morgan fingerprint density at radius 3 is 2.67 bits per heavy atom. The molecule has 2 rings (SSSR count). The summed E-state index contributed by atoms with van der Waals surface area (Å²) in [5, 5.41) is 0. The molecule has 0 unspecified atom stereocenters. The molecule has 1 fully saturated rings. The molecule has 1 aromatic rings. The standard InChI is InChI=1S/C12H17NO3S2/c1-17-11-4-6-12(7-5-11)18(14,15)13-9-10-3-2-8-16-10/h4-7,10,13H,2-3,8-9H2,1H3/t10-/m1/s1. The number of ether oxygens (including phenoxy) is 1. The quantitative estimate of drug-likeness (QED) is 0.840. The van der Waals surface area contributed by atoms with Gasteiger partial charge in [0.1, 0.15) is 0 Å². The van der Waals surface area contributed by atoms with Crippen molar-refractivity contribution in [3.63, 3.8) is 0 Å². The highest BCUT2D eigenvalue weighted by Gasteiger charge is 2.20. The Morgan fingerprint density at radius 1 is 1.39 bits per heavy atom. The minimum absolute atomic E-state index is 0.0187. The number of thioether (sulfide) groups is 1. The van der Waals surface area contributed by atoms with Crippen LogP contribution in [0.15, 0.2) is 34.1 Å². The average Bonchev–Trinajstić information content (AvgIpc) is 2.90. The van der Waals surface area contributed by atoms with Gasteiger partial charge in [-0.2, -0.15) is 0 Å². The largest absolute Gasteiger partial charge is 0.377 e. The van der Waals surface area contributed by atoms with E-state index in [1.807, 2.05) is 18.4 Å². The lowest BCUT2D eigenvalue weighted by molar-refractivity contribution is 0.114. The van der Waals surface area contributed by atoms with Crippen molar-refractivity contribution in [3.8, 4) is 0 Å². The van der Waals surface area contributed by atoms with Crippen LogP contribution in [0.25, 0.3) is 0 Å². The van der Waals surface area contributed by atoms with Gasteiger partial charge in [0, 0.05) is 18.0 Å².